The Morgan fingerprint density at radius 3 is 2.58 bits per heavy atom. The number of aliphatic imine (C=N–C) groups is 1. The monoisotopic (exact) mass is 447 g/mol. The van der Waals surface area contributed by atoms with Crippen molar-refractivity contribution >= 4 is 29.9 Å². The van der Waals surface area contributed by atoms with E-state index in [1.54, 1.807) is 14.2 Å². The summed E-state index contributed by atoms with van der Waals surface area (Å²) in [5.74, 6) is 2.44. The number of nitrogens with one attached hydrogen (secondary N) is 2. The fourth-order valence-electron chi connectivity index (χ4n) is 2.81. The molecule has 0 aliphatic heterocycles. The van der Waals surface area contributed by atoms with Crippen LogP contribution in [0.25, 0.3) is 0 Å². The summed E-state index contributed by atoms with van der Waals surface area (Å²) in [5, 5.41) is 6.62. The predicted octanol–water partition coefficient (Wildman–Crippen LogP) is 3.71. The van der Waals surface area contributed by atoms with Gasteiger partial charge in [-0.25, -0.2) is 0 Å². The highest BCUT2D eigenvalue weighted by atomic mass is 127. The largest absolute Gasteiger partial charge is 0.493 e. The van der Waals surface area contributed by atoms with Crippen molar-refractivity contribution in [1.29, 1.82) is 0 Å². The molecule has 0 spiro atoms. The molecule has 0 bridgehead atoms. The van der Waals surface area contributed by atoms with Crippen LogP contribution in [-0.2, 0) is 6.54 Å². The number of hydrogen-bond donors (Lipinski definition) is 2. The molecule has 1 fully saturated rings. The standard InChI is InChI=1S/C18H29N3O2.HI/c1-13(2)21-18(19-3)20-12-14-8-7-11-16(22-4)17(14)23-15-9-5-6-10-15;/h7-8,11,13,15H,5-6,9-10,12H2,1-4H3,(H2,19,20,21);1H. The van der Waals surface area contributed by atoms with Crippen LogP contribution in [0.5, 0.6) is 11.5 Å². The van der Waals surface area contributed by atoms with Gasteiger partial charge in [-0.05, 0) is 45.6 Å². The lowest BCUT2D eigenvalue weighted by Crippen LogP contribution is -2.40. The van der Waals surface area contributed by atoms with Gasteiger partial charge in [0.05, 0.1) is 13.2 Å². The average Bonchev–Trinajstić information content (AvgIpc) is 3.05. The van der Waals surface area contributed by atoms with E-state index in [4.69, 9.17) is 9.47 Å². The van der Waals surface area contributed by atoms with Gasteiger partial charge in [0.2, 0.25) is 0 Å². The highest BCUT2D eigenvalue weighted by molar-refractivity contribution is 14.0. The van der Waals surface area contributed by atoms with Crippen molar-refractivity contribution in [2.24, 2.45) is 4.99 Å². The van der Waals surface area contributed by atoms with Crippen LogP contribution in [0.3, 0.4) is 0 Å². The number of methoxy groups -OCH3 is 1. The Labute approximate surface area is 162 Å². The normalized spacial score (nSPS) is 15.1. The molecule has 0 aromatic heterocycles. The molecule has 2 rings (SSSR count). The van der Waals surface area contributed by atoms with Crippen molar-refractivity contribution in [2.75, 3.05) is 14.2 Å². The number of guanidine groups is 1. The van der Waals surface area contributed by atoms with Crippen molar-refractivity contribution in [2.45, 2.75) is 58.2 Å². The first kappa shape index (κ1) is 20.9. The SMILES string of the molecule is CN=C(NCc1cccc(OC)c1OC1CCCC1)NC(C)C.I. The smallest absolute Gasteiger partial charge is 0.191 e. The molecule has 1 aliphatic carbocycles. The first-order chi connectivity index (χ1) is 11.1. The van der Waals surface area contributed by atoms with E-state index in [-0.39, 0.29) is 24.0 Å². The van der Waals surface area contributed by atoms with Gasteiger partial charge in [0.1, 0.15) is 0 Å². The molecule has 5 nitrogen and oxygen atoms in total. The molecule has 1 aromatic carbocycles. The second-order valence-electron chi connectivity index (χ2n) is 6.20. The zero-order valence-corrected chi connectivity index (χ0v) is 17.4. The van der Waals surface area contributed by atoms with Crippen molar-refractivity contribution in [3.63, 3.8) is 0 Å². The number of hydrogen-bond acceptors (Lipinski definition) is 3. The fourth-order valence-corrected chi connectivity index (χ4v) is 2.81. The molecule has 136 valence electrons. The molecule has 1 aliphatic rings. The first-order valence-electron chi connectivity index (χ1n) is 8.43. The lowest BCUT2D eigenvalue weighted by Gasteiger charge is -2.20. The number of para-hydroxylation sites is 1. The second kappa shape index (κ2) is 10.6. The lowest BCUT2D eigenvalue weighted by atomic mass is 10.1. The Morgan fingerprint density at radius 1 is 1.29 bits per heavy atom. The van der Waals surface area contributed by atoms with E-state index in [2.05, 4.69) is 35.5 Å². The number of ether oxygens (including phenoxy) is 2. The molecule has 1 aromatic rings. The maximum absolute atomic E-state index is 6.25. The number of benzene rings is 1. The summed E-state index contributed by atoms with van der Waals surface area (Å²) in [5.41, 5.74) is 1.09. The van der Waals surface area contributed by atoms with Gasteiger partial charge in [-0.1, -0.05) is 12.1 Å². The molecular formula is C18H30IN3O2. The molecule has 24 heavy (non-hydrogen) atoms. The van der Waals surface area contributed by atoms with E-state index in [1.807, 2.05) is 12.1 Å². The van der Waals surface area contributed by atoms with Gasteiger partial charge in [-0.2, -0.15) is 0 Å². The zero-order valence-electron chi connectivity index (χ0n) is 15.1. The van der Waals surface area contributed by atoms with E-state index in [0.717, 1.165) is 35.9 Å². The molecule has 0 radical (unpaired) electrons. The van der Waals surface area contributed by atoms with Crippen molar-refractivity contribution < 1.29 is 9.47 Å². The maximum atomic E-state index is 6.25. The van der Waals surface area contributed by atoms with Crippen molar-refractivity contribution in [3.8, 4) is 11.5 Å². The molecular weight excluding hydrogens is 417 g/mol. The van der Waals surface area contributed by atoms with Gasteiger partial charge in [0, 0.05) is 25.2 Å². The average molecular weight is 447 g/mol. The van der Waals surface area contributed by atoms with Gasteiger partial charge in [0.15, 0.2) is 17.5 Å². The minimum atomic E-state index is 0. The van der Waals surface area contributed by atoms with Crippen LogP contribution < -0.4 is 20.1 Å². The summed E-state index contributed by atoms with van der Waals surface area (Å²) in [6.07, 6.45) is 5.05. The third-order valence-corrected chi connectivity index (χ3v) is 3.96. The van der Waals surface area contributed by atoms with Crippen LogP contribution in [0.2, 0.25) is 0 Å². The lowest BCUT2D eigenvalue weighted by molar-refractivity contribution is 0.198. The number of halogens is 1. The van der Waals surface area contributed by atoms with Crippen LogP contribution in [0.15, 0.2) is 23.2 Å². The summed E-state index contributed by atoms with van der Waals surface area (Å²) in [7, 11) is 3.46. The summed E-state index contributed by atoms with van der Waals surface area (Å²) < 4.78 is 11.7. The van der Waals surface area contributed by atoms with Gasteiger partial charge in [-0.3, -0.25) is 4.99 Å². The highest BCUT2D eigenvalue weighted by Gasteiger charge is 2.20. The second-order valence-corrected chi connectivity index (χ2v) is 6.20. The summed E-state index contributed by atoms with van der Waals surface area (Å²) in [6.45, 7) is 4.83. The summed E-state index contributed by atoms with van der Waals surface area (Å²) >= 11 is 0. The van der Waals surface area contributed by atoms with Gasteiger partial charge >= 0.3 is 0 Å². The molecule has 0 atom stereocenters. The maximum Gasteiger partial charge on any atom is 0.191 e. The Hall–Kier alpha value is -1.18. The Balaban J connectivity index is 0.00000288. The van der Waals surface area contributed by atoms with Crippen molar-refractivity contribution in [1.82, 2.24) is 10.6 Å². The molecule has 0 amide bonds. The third kappa shape index (κ3) is 6.03. The van der Waals surface area contributed by atoms with Crippen LogP contribution in [0.1, 0.15) is 45.1 Å². The number of nitrogens with zero attached hydrogens (tertiary/aromatic N) is 1. The van der Waals surface area contributed by atoms with E-state index in [0.29, 0.717) is 18.7 Å². The first-order valence-corrected chi connectivity index (χ1v) is 8.43. The summed E-state index contributed by atoms with van der Waals surface area (Å²) in [4.78, 5) is 4.24. The minimum absolute atomic E-state index is 0. The molecule has 6 heteroatoms. The molecule has 0 heterocycles. The molecule has 0 saturated heterocycles. The topological polar surface area (TPSA) is 54.9 Å². The zero-order chi connectivity index (χ0) is 16.7. The Bertz CT molecular complexity index is 529. The Morgan fingerprint density at radius 2 is 2.00 bits per heavy atom. The third-order valence-electron chi connectivity index (χ3n) is 3.96. The number of rotatable bonds is 6. The van der Waals surface area contributed by atoms with Gasteiger partial charge in [-0.15, -0.1) is 24.0 Å². The molecule has 0 unspecified atom stereocenters. The quantitative estimate of drug-likeness (QED) is 0.397. The summed E-state index contributed by atoms with van der Waals surface area (Å²) in [6, 6.07) is 6.36. The Kier molecular flexibility index (Phi) is 9.25. The van der Waals surface area contributed by atoms with Crippen LogP contribution in [-0.4, -0.2) is 32.3 Å². The van der Waals surface area contributed by atoms with Crippen LogP contribution >= 0.6 is 24.0 Å². The van der Waals surface area contributed by atoms with Crippen molar-refractivity contribution in [3.05, 3.63) is 23.8 Å². The van der Waals surface area contributed by atoms with Gasteiger partial charge in [0.25, 0.3) is 0 Å². The molecule has 2 N–H and O–H groups in total. The predicted molar refractivity (Wildman–Crippen MR) is 110 cm³/mol. The van der Waals surface area contributed by atoms with E-state index in [9.17, 15) is 0 Å². The van der Waals surface area contributed by atoms with E-state index in [1.165, 1.54) is 12.8 Å². The van der Waals surface area contributed by atoms with E-state index >= 15 is 0 Å². The molecule has 1 saturated carbocycles. The van der Waals surface area contributed by atoms with Crippen LogP contribution in [0, 0.1) is 0 Å². The fraction of sp³-hybridized carbons (Fsp3) is 0.611. The van der Waals surface area contributed by atoms with E-state index < -0.39 is 0 Å². The highest BCUT2D eigenvalue weighted by Crippen LogP contribution is 2.34. The van der Waals surface area contributed by atoms with Crippen LogP contribution in [0.4, 0.5) is 0 Å². The van der Waals surface area contributed by atoms with Gasteiger partial charge < -0.3 is 20.1 Å². The minimum Gasteiger partial charge on any atom is -0.493 e.